The number of nitrogens with one attached hydrogen (secondary N) is 1. The van der Waals surface area contributed by atoms with Crippen molar-refractivity contribution in [2.45, 2.75) is 31.0 Å². The minimum atomic E-state index is -2.76. The number of fused-ring (bicyclic) bond motifs is 3. The van der Waals surface area contributed by atoms with Gasteiger partial charge >= 0.3 is 0 Å². The van der Waals surface area contributed by atoms with Gasteiger partial charge in [0, 0.05) is 12.5 Å². The molecule has 6 atom stereocenters. The summed E-state index contributed by atoms with van der Waals surface area (Å²) < 4.78 is 0. The number of aliphatic hydroxyl groups is 1. The molecule has 0 saturated heterocycles. The molecule has 0 aromatic heterocycles. The number of carbonyl (C=O) groups is 6. The maximum atomic E-state index is 14.0. The molecular weight excluding hydrogens is 568 g/mol. The minimum absolute atomic E-state index is 0.0232. The van der Waals surface area contributed by atoms with E-state index in [1.165, 1.54) is 11.0 Å². The SMILES string of the molecule is CN(C)CC(=O)NCc1ccc(-c2ccc(O)c3c2C[C@@H]2C[C@@H]4[C@@H](N(C)C)C(=O)C(C(N)=O)C(=O)[C@]4(O)C(=O)C2C3=O)cc1. The van der Waals surface area contributed by atoms with Crippen molar-refractivity contribution < 1.29 is 39.0 Å². The molecule has 5 N–H and O–H groups in total. The van der Waals surface area contributed by atoms with Crippen molar-refractivity contribution in [3.63, 3.8) is 0 Å². The Morgan fingerprint density at radius 3 is 2.25 bits per heavy atom. The third kappa shape index (κ3) is 4.92. The molecule has 5 rings (SSSR count). The van der Waals surface area contributed by atoms with Crippen LogP contribution in [0.5, 0.6) is 5.75 Å². The first-order valence-electron chi connectivity index (χ1n) is 14.4. The van der Waals surface area contributed by atoms with Gasteiger partial charge in [0.1, 0.15) is 5.75 Å². The Bertz CT molecular complexity index is 1580. The van der Waals surface area contributed by atoms with Crippen LogP contribution in [0.3, 0.4) is 0 Å². The first kappa shape index (κ1) is 31.2. The van der Waals surface area contributed by atoms with E-state index in [-0.39, 0.29) is 36.6 Å². The number of primary amides is 1. The summed E-state index contributed by atoms with van der Waals surface area (Å²) in [5.74, 6) is -10.9. The van der Waals surface area contributed by atoms with Gasteiger partial charge in [-0.15, -0.1) is 0 Å². The Hall–Kier alpha value is -4.26. The zero-order valence-corrected chi connectivity index (χ0v) is 25.0. The smallest absolute Gasteiger partial charge is 0.235 e. The lowest BCUT2D eigenvalue weighted by molar-refractivity contribution is -0.181. The normalized spacial score (nSPS) is 28.0. The molecule has 3 aliphatic rings. The number of hydrogen-bond acceptors (Lipinski definition) is 10. The maximum absolute atomic E-state index is 14.0. The van der Waals surface area contributed by atoms with Gasteiger partial charge in [-0.25, -0.2) is 0 Å². The molecule has 2 unspecified atom stereocenters. The first-order chi connectivity index (χ1) is 20.7. The highest BCUT2D eigenvalue weighted by Gasteiger charge is 2.69. The number of nitrogens with zero attached hydrogens (tertiary/aromatic N) is 2. The molecule has 0 bridgehead atoms. The van der Waals surface area contributed by atoms with Gasteiger partial charge in [-0.1, -0.05) is 30.3 Å². The predicted octanol–water partition coefficient (Wildman–Crippen LogP) is -0.288. The van der Waals surface area contributed by atoms with Crippen molar-refractivity contribution in [1.82, 2.24) is 15.1 Å². The summed E-state index contributed by atoms with van der Waals surface area (Å²) in [7, 11) is 6.69. The topological polar surface area (TPSA) is 187 Å². The van der Waals surface area contributed by atoms with Gasteiger partial charge in [-0.05, 0) is 75.3 Å². The van der Waals surface area contributed by atoms with Crippen LogP contribution in [-0.4, -0.2) is 101 Å². The summed E-state index contributed by atoms with van der Waals surface area (Å²) in [6, 6.07) is 9.26. The fraction of sp³-hybridized carbons (Fsp3) is 0.438. The van der Waals surface area contributed by atoms with Gasteiger partial charge in [0.05, 0.1) is 24.1 Å². The van der Waals surface area contributed by atoms with Crippen LogP contribution in [-0.2, 0) is 36.9 Å². The van der Waals surface area contributed by atoms with Crippen LogP contribution in [0.15, 0.2) is 36.4 Å². The molecule has 232 valence electrons. The molecule has 2 aromatic carbocycles. The number of Topliss-reactive ketones (excluding diaryl/α,β-unsaturated/α-hetero) is 4. The number of hydrogen-bond donors (Lipinski definition) is 4. The largest absolute Gasteiger partial charge is 0.507 e. The maximum Gasteiger partial charge on any atom is 0.235 e. The number of ketones is 4. The van der Waals surface area contributed by atoms with Crippen LogP contribution in [0.1, 0.15) is 27.9 Å². The molecule has 0 heterocycles. The van der Waals surface area contributed by atoms with Crippen molar-refractivity contribution in [3.8, 4) is 16.9 Å². The zero-order chi connectivity index (χ0) is 32.2. The molecule has 12 nitrogen and oxygen atoms in total. The molecule has 0 radical (unpaired) electrons. The van der Waals surface area contributed by atoms with Gasteiger partial charge < -0.3 is 26.2 Å². The Morgan fingerprint density at radius 2 is 1.66 bits per heavy atom. The van der Waals surface area contributed by atoms with Gasteiger partial charge in [0.15, 0.2) is 34.7 Å². The fourth-order valence-corrected chi connectivity index (χ4v) is 7.22. The second kappa shape index (κ2) is 11.3. The Labute approximate surface area is 254 Å². The Balaban J connectivity index is 1.51. The minimum Gasteiger partial charge on any atom is -0.507 e. The van der Waals surface area contributed by atoms with E-state index in [4.69, 9.17) is 5.73 Å². The Kier molecular flexibility index (Phi) is 8.04. The van der Waals surface area contributed by atoms with E-state index < -0.39 is 64.4 Å². The molecule has 12 heteroatoms. The fourth-order valence-electron chi connectivity index (χ4n) is 7.22. The van der Waals surface area contributed by atoms with Gasteiger partial charge in [-0.3, -0.25) is 33.7 Å². The third-order valence-corrected chi connectivity index (χ3v) is 9.16. The zero-order valence-electron chi connectivity index (χ0n) is 25.0. The first-order valence-corrected chi connectivity index (χ1v) is 14.4. The number of nitrogens with two attached hydrogens (primary N) is 1. The average Bonchev–Trinajstić information content (AvgIpc) is 2.93. The molecule has 2 amide bonds. The van der Waals surface area contributed by atoms with E-state index >= 15 is 0 Å². The quantitative estimate of drug-likeness (QED) is 0.306. The van der Waals surface area contributed by atoms with E-state index in [1.807, 2.05) is 24.3 Å². The van der Waals surface area contributed by atoms with E-state index in [9.17, 15) is 39.0 Å². The number of phenolic OH excluding ortho intramolecular Hbond substituents is 1. The van der Waals surface area contributed by atoms with Crippen molar-refractivity contribution in [3.05, 3.63) is 53.1 Å². The molecule has 2 aromatic rings. The molecule has 2 saturated carbocycles. The van der Waals surface area contributed by atoms with Crippen LogP contribution in [0.2, 0.25) is 0 Å². The second-order valence-electron chi connectivity index (χ2n) is 12.5. The number of carbonyl (C=O) groups excluding carboxylic acids is 6. The van der Waals surface area contributed by atoms with Crippen LogP contribution in [0.4, 0.5) is 0 Å². The number of benzene rings is 2. The summed E-state index contributed by atoms with van der Waals surface area (Å²) in [6.45, 7) is 0.592. The second-order valence-corrected chi connectivity index (χ2v) is 12.5. The lowest BCUT2D eigenvalue weighted by atomic mass is 9.52. The molecule has 44 heavy (non-hydrogen) atoms. The summed E-state index contributed by atoms with van der Waals surface area (Å²) in [5, 5.41) is 25.4. The molecule has 0 aliphatic heterocycles. The monoisotopic (exact) mass is 604 g/mol. The van der Waals surface area contributed by atoms with E-state index in [2.05, 4.69) is 5.32 Å². The molecule has 2 fully saturated rings. The summed E-state index contributed by atoms with van der Waals surface area (Å²) in [4.78, 5) is 82.0. The van der Waals surface area contributed by atoms with Crippen molar-refractivity contribution in [2.24, 2.45) is 29.4 Å². The Morgan fingerprint density at radius 1 is 1.00 bits per heavy atom. The number of amides is 2. The summed E-state index contributed by atoms with van der Waals surface area (Å²) in [5.41, 5.74) is 5.33. The predicted molar refractivity (Wildman–Crippen MR) is 157 cm³/mol. The van der Waals surface area contributed by atoms with E-state index in [0.717, 1.165) is 11.1 Å². The van der Waals surface area contributed by atoms with Gasteiger partial charge in [0.2, 0.25) is 11.8 Å². The molecule has 3 aliphatic carbocycles. The lowest BCUT2D eigenvalue weighted by Crippen LogP contribution is -2.74. The van der Waals surface area contributed by atoms with Crippen LogP contribution >= 0.6 is 0 Å². The van der Waals surface area contributed by atoms with Crippen molar-refractivity contribution in [2.75, 3.05) is 34.7 Å². The standard InChI is InChI=1S/C32H36N4O8/c1-35(2)14-22(38)34-13-15-5-7-16(8-6-15)18-9-10-21(37)24-19(18)11-17-12-20-26(36(3)4)28(40)25(31(33)43)30(42)32(20,44)29(41)23(17)27(24)39/h5-10,17,20,23,25-26,37,44H,11-14H2,1-4H3,(H2,33,43)(H,34,38)/t17-,20-,23?,25?,26-,32-/m1/s1. The number of rotatable bonds is 7. The number of likely N-dealkylation sites (N-methyl/N-ethyl adjacent to an activating group) is 2. The number of aromatic hydroxyl groups is 1. The van der Waals surface area contributed by atoms with Crippen LogP contribution in [0.25, 0.3) is 11.1 Å². The average molecular weight is 605 g/mol. The van der Waals surface area contributed by atoms with E-state index in [1.54, 1.807) is 39.2 Å². The van der Waals surface area contributed by atoms with Crippen molar-refractivity contribution in [1.29, 1.82) is 0 Å². The summed E-state index contributed by atoms with van der Waals surface area (Å²) >= 11 is 0. The lowest BCUT2D eigenvalue weighted by Gasteiger charge is -2.52. The molecule has 0 spiro atoms. The highest BCUT2D eigenvalue weighted by Crippen LogP contribution is 2.51. The van der Waals surface area contributed by atoms with Gasteiger partial charge in [-0.2, -0.15) is 0 Å². The summed E-state index contributed by atoms with van der Waals surface area (Å²) in [6.07, 6.45) is 0.141. The molecular formula is C32H36N4O8. The van der Waals surface area contributed by atoms with E-state index in [0.29, 0.717) is 17.7 Å². The van der Waals surface area contributed by atoms with Gasteiger partial charge in [0.25, 0.3) is 0 Å². The number of phenols is 1. The highest BCUT2D eigenvalue weighted by molar-refractivity contribution is 6.32. The van der Waals surface area contributed by atoms with Crippen LogP contribution in [0, 0.1) is 23.7 Å². The van der Waals surface area contributed by atoms with Crippen LogP contribution < -0.4 is 11.1 Å². The van der Waals surface area contributed by atoms with Crippen molar-refractivity contribution >= 4 is 34.9 Å². The highest BCUT2D eigenvalue weighted by atomic mass is 16.3. The third-order valence-electron chi connectivity index (χ3n) is 9.16.